The van der Waals surface area contributed by atoms with E-state index in [1.165, 1.54) is 16.6 Å². The van der Waals surface area contributed by atoms with E-state index in [1.54, 1.807) is 35.9 Å². The van der Waals surface area contributed by atoms with Gasteiger partial charge in [-0.25, -0.2) is 9.59 Å². The Morgan fingerprint density at radius 2 is 1.73 bits per heavy atom. The lowest BCUT2D eigenvalue weighted by molar-refractivity contribution is -0.137. The standard InChI is InChI=1S/C29H42N8O3/c1-19(36-17-21-6-9-24(30)23(21)18-36)16-20-4-7-22(8-5-20)37-11-10-25(33-28(37)40)32-27(39)35-14-12-34(13-15-35)26(38)29(2,3)31/h4-5,7-8,10-11,19,21,23-24H,6,9,12-18,30-31H2,1-3H3,(H,32,33,39,40). The lowest BCUT2D eigenvalue weighted by Crippen LogP contribution is -2.58. The second-order valence-electron chi connectivity index (χ2n) is 12.2. The molecule has 3 aliphatic rings. The molecule has 4 atom stereocenters. The summed E-state index contributed by atoms with van der Waals surface area (Å²) in [6.45, 7) is 9.43. The third kappa shape index (κ3) is 6.06. The summed E-state index contributed by atoms with van der Waals surface area (Å²) in [5.74, 6) is 1.44. The number of urea groups is 1. The molecule has 5 rings (SSSR count). The monoisotopic (exact) mass is 550 g/mol. The summed E-state index contributed by atoms with van der Waals surface area (Å²) in [5, 5.41) is 2.70. The largest absolute Gasteiger partial charge is 0.354 e. The number of aromatic nitrogens is 2. The van der Waals surface area contributed by atoms with Gasteiger partial charge in [0, 0.05) is 57.5 Å². The molecule has 0 bridgehead atoms. The molecule has 3 heterocycles. The minimum absolute atomic E-state index is 0.140. The molecule has 2 aliphatic heterocycles. The van der Waals surface area contributed by atoms with E-state index < -0.39 is 11.2 Å². The summed E-state index contributed by atoms with van der Waals surface area (Å²) >= 11 is 0. The average molecular weight is 551 g/mol. The van der Waals surface area contributed by atoms with E-state index in [0.29, 0.717) is 44.2 Å². The molecule has 1 aliphatic carbocycles. The van der Waals surface area contributed by atoms with Gasteiger partial charge < -0.3 is 21.3 Å². The van der Waals surface area contributed by atoms with Crippen LogP contribution in [-0.2, 0) is 11.2 Å². The number of rotatable bonds is 6. The number of benzene rings is 1. The molecule has 2 aromatic rings. The van der Waals surface area contributed by atoms with Gasteiger partial charge in [0.2, 0.25) is 5.91 Å². The summed E-state index contributed by atoms with van der Waals surface area (Å²) in [7, 11) is 0. The first kappa shape index (κ1) is 28.3. The third-order valence-electron chi connectivity index (χ3n) is 8.75. The van der Waals surface area contributed by atoms with E-state index >= 15 is 0 Å². The smallest absolute Gasteiger partial charge is 0.338 e. The first-order valence-corrected chi connectivity index (χ1v) is 14.3. The topological polar surface area (TPSA) is 143 Å². The zero-order chi connectivity index (χ0) is 28.6. The van der Waals surface area contributed by atoms with Crippen molar-refractivity contribution in [1.29, 1.82) is 0 Å². The molecule has 0 spiro atoms. The zero-order valence-electron chi connectivity index (χ0n) is 23.8. The van der Waals surface area contributed by atoms with Crippen LogP contribution in [0.4, 0.5) is 10.6 Å². The molecule has 11 heteroatoms. The predicted octanol–water partition coefficient (Wildman–Crippen LogP) is 1.25. The summed E-state index contributed by atoms with van der Waals surface area (Å²) in [6, 6.07) is 10.0. The van der Waals surface area contributed by atoms with Crippen LogP contribution in [0.5, 0.6) is 0 Å². The molecule has 0 radical (unpaired) electrons. The first-order chi connectivity index (χ1) is 19.0. The normalized spacial score (nSPS) is 24.2. The minimum Gasteiger partial charge on any atom is -0.338 e. The SMILES string of the molecule is CC(Cc1ccc(-n2ccc(NC(=O)N3CCN(C(=O)C(C)(C)N)CC3)nc2=O)cc1)N1CC2CCC(N)C2C1. The van der Waals surface area contributed by atoms with E-state index in [0.717, 1.165) is 37.5 Å². The van der Waals surface area contributed by atoms with Gasteiger partial charge in [-0.05, 0) is 75.6 Å². The van der Waals surface area contributed by atoms with Crippen molar-refractivity contribution >= 4 is 17.8 Å². The number of piperazine rings is 1. The number of fused-ring (bicyclic) bond motifs is 1. The number of hydrogen-bond donors (Lipinski definition) is 3. The molecule has 3 fully saturated rings. The van der Waals surface area contributed by atoms with Gasteiger partial charge in [0.05, 0.1) is 11.2 Å². The van der Waals surface area contributed by atoms with Crippen molar-refractivity contribution in [3.05, 3.63) is 52.6 Å². The van der Waals surface area contributed by atoms with E-state index in [4.69, 9.17) is 11.5 Å². The zero-order valence-corrected chi connectivity index (χ0v) is 23.8. The van der Waals surface area contributed by atoms with Gasteiger partial charge in [-0.2, -0.15) is 4.98 Å². The Hall–Kier alpha value is -3.28. The van der Waals surface area contributed by atoms with E-state index in [-0.39, 0.29) is 17.8 Å². The number of nitrogens with one attached hydrogen (secondary N) is 1. The van der Waals surface area contributed by atoms with E-state index in [2.05, 4.69) is 34.3 Å². The van der Waals surface area contributed by atoms with Gasteiger partial charge >= 0.3 is 11.7 Å². The van der Waals surface area contributed by atoms with Gasteiger partial charge in [0.1, 0.15) is 5.82 Å². The summed E-state index contributed by atoms with van der Waals surface area (Å²) < 4.78 is 1.46. The molecule has 2 saturated heterocycles. The highest BCUT2D eigenvalue weighted by Gasteiger charge is 2.42. The molecule has 11 nitrogen and oxygen atoms in total. The third-order valence-corrected chi connectivity index (χ3v) is 8.75. The van der Waals surface area contributed by atoms with Gasteiger partial charge in [0.15, 0.2) is 0 Å². The maximum absolute atomic E-state index is 12.8. The molecular weight excluding hydrogens is 508 g/mol. The lowest BCUT2D eigenvalue weighted by atomic mass is 9.98. The summed E-state index contributed by atoms with van der Waals surface area (Å²) in [5.41, 5.74) is 12.8. The van der Waals surface area contributed by atoms with Gasteiger partial charge in [-0.3, -0.25) is 19.6 Å². The Morgan fingerprint density at radius 3 is 2.35 bits per heavy atom. The molecule has 216 valence electrons. The van der Waals surface area contributed by atoms with Gasteiger partial charge in [-0.15, -0.1) is 0 Å². The van der Waals surface area contributed by atoms with Crippen molar-refractivity contribution in [2.24, 2.45) is 23.3 Å². The van der Waals surface area contributed by atoms with Crippen LogP contribution in [0.2, 0.25) is 0 Å². The molecule has 1 aromatic heterocycles. The summed E-state index contributed by atoms with van der Waals surface area (Å²) in [4.78, 5) is 47.8. The van der Waals surface area contributed by atoms with Crippen molar-refractivity contribution in [3.63, 3.8) is 0 Å². The van der Waals surface area contributed by atoms with Gasteiger partial charge in [-0.1, -0.05) is 12.1 Å². The molecular formula is C29H42N8O3. The molecule has 4 unspecified atom stereocenters. The highest BCUT2D eigenvalue weighted by Crippen LogP contribution is 2.38. The van der Waals surface area contributed by atoms with Crippen LogP contribution in [-0.4, -0.2) is 93.1 Å². The number of carbonyl (C=O) groups excluding carboxylic acids is 2. The fourth-order valence-electron chi connectivity index (χ4n) is 6.34. The Labute approximate surface area is 235 Å². The van der Waals surface area contributed by atoms with Gasteiger partial charge in [0.25, 0.3) is 0 Å². The van der Waals surface area contributed by atoms with Crippen LogP contribution in [0.15, 0.2) is 41.3 Å². The lowest BCUT2D eigenvalue weighted by Gasteiger charge is -2.37. The molecule has 3 amide bonds. The van der Waals surface area contributed by atoms with E-state index in [1.807, 2.05) is 12.1 Å². The number of nitrogens with two attached hydrogens (primary N) is 2. The van der Waals surface area contributed by atoms with Crippen molar-refractivity contribution in [3.8, 4) is 5.69 Å². The Kier molecular flexibility index (Phi) is 7.98. The second-order valence-corrected chi connectivity index (χ2v) is 12.2. The first-order valence-electron chi connectivity index (χ1n) is 14.3. The maximum atomic E-state index is 12.8. The van der Waals surface area contributed by atoms with Crippen LogP contribution >= 0.6 is 0 Å². The van der Waals surface area contributed by atoms with Crippen molar-refractivity contribution in [2.45, 2.75) is 57.7 Å². The van der Waals surface area contributed by atoms with Crippen molar-refractivity contribution in [2.75, 3.05) is 44.6 Å². The number of carbonyl (C=O) groups is 2. The average Bonchev–Trinajstić information content (AvgIpc) is 3.50. The molecule has 1 saturated carbocycles. The number of anilines is 1. The molecule has 1 aromatic carbocycles. The Balaban J connectivity index is 1.14. The van der Waals surface area contributed by atoms with Crippen LogP contribution in [0, 0.1) is 11.8 Å². The maximum Gasteiger partial charge on any atom is 0.354 e. The molecule has 5 N–H and O–H groups in total. The van der Waals surface area contributed by atoms with Crippen molar-refractivity contribution in [1.82, 2.24) is 24.3 Å². The van der Waals surface area contributed by atoms with E-state index in [9.17, 15) is 14.4 Å². The number of nitrogens with zero attached hydrogens (tertiary/aromatic N) is 5. The van der Waals surface area contributed by atoms with Crippen LogP contribution in [0.25, 0.3) is 5.69 Å². The summed E-state index contributed by atoms with van der Waals surface area (Å²) in [6.07, 6.45) is 4.98. The fraction of sp³-hybridized carbons (Fsp3) is 0.586. The van der Waals surface area contributed by atoms with Crippen LogP contribution < -0.4 is 22.5 Å². The highest BCUT2D eigenvalue weighted by atomic mass is 16.2. The fourth-order valence-corrected chi connectivity index (χ4v) is 6.34. The quantitative estimate of drug-likeness (QED) is 0.491. The Bertz CT molecular complexity index is 1280. The predicted molar refractivity (Wildman–Crippen MR) is 154 cm³/mol. The number of likely N-dealkylation sites (tertiary alicyclic amines) is 1. The van der Waals surface area contributed by atoms with Crippen molar-refractivity contribution < 1.29 is 9.59 Å². The second kappa shape index (κ2) is 11.3. The molecule has 40 heavy (non-hydrogen) atoms. The minimum atomic E-state index is -0.945. The number of hydrogen-bond acceptors (Lipinski definition) is 7. The number of amides is 3. The van der Waals surface area contributed by atoms with Crippen LogP contribution in [0.3, 0.4) is 0 Å². The Morgan fingerprint density at radius 1 is 1.05 bits per heavy atom. The van der Waals surface area contributed by atoms with Crippen LogP contribution in [0.1, 0.15) is 39.2 Å². The highest BCUT2D eigenvalue weighted by molar-refractivity contribution is 5.89.